The highest BCUT2D eigenvalue weighted by Gasteiger charge is 2.28. The van der Waals surface area contributed by atoms with E-state index in [9.17, 15) is 4.79 Å². The Morgan fingerprint density at radius 2 is 2.00 bits per heavy atom. The highest BCUT2D eigenvalue weighted by atomic mass is 16.1. The van der Waals surface area contributed by atoms with Crippen LogP contribution in [0.4, 0.5) is 5.82 Å². The van der Waals surface area contributed by atoms with Crippen LogP contribution in [0.25, 0.3) is 0 Å². The molecule has 2 N–H and O–H groups in total. The van der Waals surface area contributed by atoms with Gasteiger partial charge in [-0.1, -0.05) is 19.3 Å². The molecule has 2 fully saturated rings. The minimum absolute atomic E-state index is 0.0857. The predicted octanol–water partition coefficient (Wildman–Crippen LogP) is 2.07. The molecule has 2 saturated carbocycles. The zero-order valence-corrected chi connectivity index (χ0v) is 12.7. The molecule has 0 unspecified atom stereocenters. The molecule has 1 aromatic rings. The monoisotopic (exact) mass is 290 g/mol. The Kier molecular flexibility index (Phi) is 4.58. The van der Waals surface area contributed by atoms with Gasteiger partial charge in [0.2, 0.25) is 0 Å². The normalized spacial score (nSPS) is 19.7. The Morgan fingerprint density at radius 1 is 1.24 bits per heavy atom. The van der Waals surface area contributed by atoms with E-state index in [4.69, 9.17) is 5.73 Å². The van der Waals surface area contributed by atoms with Gasteiger partial charge in [0, 0.05) is 31.0 Å². The van der Waals surface area contributed by atoms with Crippen molar-refractivity contribution >= 4 is 5.82 Å². The van der Waals surface area contributed by atoms with Crippen LogP contribution >= 0.6 is 0 Å². The van der Waals surface area contributed by atoms with Gasteiger partial charge in [0.05, 0.1) is 0 Å². The lowest BCUT2D eigenvalue weighted by atomic mass is 9.94. The maximum Gasteiger partial charge on any atom is 0.293 e. The first-order valence-electron chi connectivity index (χ1n) is 8.35. The summed E-state index contributed by atoms with van der Waals surface area (Å²) in [7, 11) is 0. The fourth-order valence-electron chi connectivity index (χ4n) is 3.37. The van der Waals surface area contributed by atoms with E-state index in [2.05, 4.69) is 9.88 Å². The number of nitrogens with zero attached hydrogens (tertiary/aromatic N) is 3. The molecule has 116 valence electrons. The smallest absolute Gasteiger partial charge is 0.293 e. The Balaban J connectivity index is 1.87. The van der Waals surface area contributed by atoms with Gasteiger partial charge >= 0.3 is 0 Å². The van der Waals surface area contributed by atoms with Crippen LogP contribution in [0.2, 0.25) is 0 Å². The number of rotatable bonds is 6. The lowest BCUT2D eigenvalue weighted by Gasteiger charge is -2.35. The molecule has 0 aromatic carbocycles. The molecule has 0 radical (unpaired) electrons. The Bertz CT molecular complexity index is 517. The standard InChI is InChI=1S/C16H26N4O/c17-9-4-11-19(13-5-2-1-3-6-13)15-16(21)20(12-10-18-15)14-7-8-14/h10,12-14H,1-9,11,17H2. The van der Waals surface area contributed by atoms with Crippen LogP contribution in [0.5, 0.6) is 0 Å². The van der Waals surface area contributed by atoms with Gasteiger partial charge in [-0.25, -0.2) is 4.98 Å². The van der Waals surface area contributed by atoms with Crippen LogP contribution in [0.15, 0.2) is 17.2 Å². The molecular weight excluding hydrogens is 264 g/mol. The van der Waals surface area contributed by atoms with Gasteiger partial charge in [-0.05, 0) is 38.6 Å². The average molecular weight is 290 g/mol. The topological polar surface area (TPSA) is 64.2 Å². The van der Waals surface area contributed by atoms with E-state index in [1.165, 1.54) is 32.1 Å². The van der Waals surface area contributed by atoms with Gasteiger partial charge < -0.3 is 15.2 Å². The first-order chi connectivity index (χ1) is 10.3. The van der Waals surface area contributed by atoms with E-state index in [-0.39, 0.29) is 5.56 Å². The fourth-order valence-corrected chi connectivity index (χ4v) is 3.37. The molecule has 1 aromatic heterocycles. The summed E-state index contributed by atoms with van der Waals surface area (Å²) in [5, 5.41) is 0. The van der Waals surface area contributed by atoms with E-state index >= 15 is 0 Å². The highest BCUT2D eigenvalue weighted by molar-refractivity contribution is 5.37. The second-order valence-electron chi connectivity index (χ2n) is 6.32. The van der Waals surface area contributed by atoms with Crippen molar-refractivity contribution in [1.82, 2.24) is 9.55 Å². The zero-order chi connectivity index (χ0) is 14.7. The molecule has 5 nitrogen and oxygen atoms in total. The molecule has 21 heavy (non-hydrogen) atoms. The molecule has 1 heterocycles. The van der Waals surface area contributed by atoms with Crippen molar-refractivity contribution < 1.29 is 0 Å². The minimum atomic E-state index is 0.0857. The van der Waals surface area contributed by atoms with Gasteiger partial charge in [-0.15, -0.1) is 0 Å². The van der Waals surface area contributed by atoms with Gasteiger partial charge in [-0.3, -0.25) is 4.79 Å². The number of nitrogens with two attached hydrogens (primary N) is 1. The number of hydrogen-bond acceptors (Lipinski definition) is 4. The SMILES string of the molecule is NCCCN(c1nccn(C2CC2)c1=O)C1CCCCC1. The lowest BCUT2D eigenvalue weighted by Crippen LogP contribution is -2.42. The Morgan fingerprint density at radius 3 is 2.67 bits per heavy atom. The summed E-state index contributed by atoms with van der Waals surface area (Å²) in [6.45, 7) is 1.50. The molecule has 2 aliphatic carbocycles. The van der Waals surface area contributed by atoms with Gasteiger partial charge in [-0.2, -0.15) is 0 Å². The average Bonchev–Trinajstić information content (AvgIpc) is 3.35. The number of aromatic nitrogens is 2. The third-order valence-electron chi connectivity index (χ3n) is 4.68. The largest absolute Gasteiger partial charge is 0.349 e. The van der Waals surface area contributed by atoms with Crippen LogP contribution in [0.3, 0.4) is 0 Å². The summed E-state index contributed by atoms with van der Waals surface area (Å²) in [5.74, 6) is 0.643. The van der Waals surface area contributed by atoms with Gasteiger partial charge in [0.15, 0.2) is 5.82 Å². The van der Waals surface area contributed by atoms with Gasteiger partial charge in [0.1, 0.15) is 0 Å². The van der Waals surface area contributed by atoms with E-state index in [1.54, 1.807) is 6.20 Å². The molecule has 3 rings (SSSR count). The van der Waals surface area contributed by atoms with E-state index < -0.39 is 0 Å². The second-order valence-corrected chi connectivity index (χ2v) is 6.32. The molecular formula is C16H26N4O. The fraction of sp³-hybridized carbons (Fsp3) is 0.750. The van der Waals surface area contributed by atoms with Crippen LogP contribution in [-0.2, 0) is 0 Å². The van der Waals surface area contributed by atoms with Crippen LogP contribution in [0, 0.1) is 0 Å². The summed E-state index contributed by atoms with van der Waals surface area (Å²) in [4.78, 5) is 19.4. The molecule has 5 heteroatoms. The summed E-state index contributed by atoms with van der Waals surface area (Å²) < 4.78 is 1.88. The zero-order valence-electron chi connectivity index (χ0n) is 12.7. The summed E-state index contributed by atoms with van der Waals surface area (Å²) in [5.41, 5.74) is 5.77. The minimum Gasteiger partial charge on any atom is -0.349 e. The van der Waals surface area contributed by atoms with Crippen LogP contribution in [-0.4, -0.2) is 28.7 Å². The van der Waals surface area contributed by atoms with Gasteiger partial charge in [0.25, 0.3) is 5.56 Å². The highest BCUT2D eigenvalue weighted by Crippen LogP contribution is 2.33. The third-order valence-corrected chi connectivity index (χ3v) is 4.68. The summed E-state index contributed by atoms with van der Waals surface area (Å²) >= 11 is 0. The van der Waals surface area contributed by atoms with Crippen molar-refractivity contribution in [3.8, 4) is 0 Å². The van der Waals surface area contributed by atoms with E-state index in [0.717, 1.165) is 25.8 Å². The van der Waals surface area contributed by atoms with E-state index in [1.807, 2.05) is 10.8 Å². The van der Waals surface area contributed by atoms with Crippen LogP contribution in [0.1, 0.15) is 57.4 Å². The molecule has 0 bridgehead atoms. The van der Waals surface area contributed by atoms with E-state index in [0.29, 0.717) is 24.4 Å². The van der Waals surface area contributed by atoms with Crippen molar-refractivity contribution in [3.05, 3.63) is 22.7 Å². The Labute approximate surface area is 126 Å². The number of anilines is 1. The first kappa shape index (κ1) is 14.6. The van der Waals surface area contributed by atoms with Crippen molar-refractivity contribution in [2.45, 2.75) is 63.5 Å². The van der Waals surface area contributed by atoms with Crippen molar-refractivity contribution in [2.24, 2.45) is 5.73 Å². The van der Waals surface area contributed by atoms with Crippen LogP contribution < -0.4 is 16.2 Å². The quantitative estimate of drug-likeness (QED) is 0.871. The molecule has 0 aliphatic heterocycles. The lowest BCUT2D eigenvalue weighted by molar-refractivity contribution is 0.409. The first-order valence-corrected chi connectivity index (χ1v) is 8.35. The van der Waals surface area contributed by atoms with Crippen molar-refractivity contribution in [2.75, 3.05) is 18.0 Å². The third kappa shape index (κ3) is 3.28. The predicted molar refractivity (Wildman–Crippen MR) is 84.7 cm³/mol. The molecule has 0 atom stereocenters. The maximum atomic E-state index is 12.7. The molecule has 0 spiro atoms. The summed E-state index contributed by atoms with van der Waals surface area (Å²) in [6, 6.07) is 0.863. The second kappa shape index (κ2) is 6.60. The van der Waals surface area contributed by atoms with Crippen molar-refractivity contribution in [3.63, 3.8) is 0 Å². The number of hydrogen-bond donors (Lipinski definition) is 1. The molecule has 0 amide bonds. The Hall–Kier alpha value is -1.36. The van der Waals surface area contributed by atoms with Crippen molar-refractivity contribution in [1.29, 1.82) is 0 Å². The maximum absolute atomic E-state index is 12.7. The molecule has 0 saturated heterocycles. The summed E-state index contributed by atoms with van der Waals surface area (Å²) in [6.07, 6.45) is 12.9. The molecule has 2 aliphatic rings.